The van der Waals surface area contributed by atoms with E-state index in [1.54, 1.807) is 23.9 Å². The zero-order chi connectivity index (χ0) is 20.1. The highest BCUT2D eigenvalue weighted by Crippen LogP contribution is 2.36. The van der Waals surface area contributed by atoms with E-state index in [1.165, 1.54) is 18.9 Å². The molecule has 2 amide bonds. The number of thioether (sulfide) groups is 1. The number of nitrogens with one attached hydrogen (secondary N) is 2. The summed E-state index contributed by atoms with van der Waals surface area (Å²) in [5, 5.41) is 5.91. The molecule has 1 fully saturated rings. The summed E-state index contributed by atoms with van der Waals surface area (Å²) in [6.07, 6.45) is 6.91. The lowest BCUT2D eigenvalue weighted by molar-refractivity contribution is -0.121. The van der Waals surface area contributed by atoms with Crippen LogP contribution in [-0.2, 0) is 19.4 Å². The molecule has 1 heterocycles. The van der Waals surface area contributed by atoms with Crippen LogP contribution < -0.4 is 10.6 Å². The summed E-state index contributed by atoms with van der Waals surface area (Å²) in [4.78, 5) is 25.1. The van der Waals surface area contributed by atoms with Crippen molar-refractivity contribution in [3.8, 4) is 0 Å². The van der Waals surface area contributed by atoms with E-state index >= 15 is 0 Å². The van der Waals surface area contributed by atoms with Gasteiger partial charge in [0.25, 0.3) is 0 Å². The normalized spacial score (nSPS) is 21.2. The highest BCUT2D eigenvalue weighted by molar-refractivity contribution is 8.00. The summed E-state index contributed by atoms with van der Waals surface area (Å²) < 4.78 is 25.4. The Bertz CT molecular complexity index is 831. The molecule has 1 aromatic rings. The number of hydrogen-bond acceptors (Lipinski definition) is 5. The molecule has 1 saturated carbocycles. The molecule has 8 heteroatoms. The molecule has 28 heavy (non-hydrogen) atoms. The Balaban J connectivity index is 1.63. The summed E-state index contributed by atoms with van der Waals surface area (Å²) in [5.41, 5.74) is 0.531. The second-order valence-electron chi connectivity index (χ2n) is 7.66. The van der Waals surface area contributed by atoms with Gasteiger partial charge in [-0.05, 0) is 31.0 Å². The fraction of sp³-hybridized carbons (Fsp3) is 0.600. The number of anilines is 1. The lowest BCUT2D eigenvalue weighted by Crippen LogP contribution is -2.35. The summed E-state index contributed by atoms with van der Waals surface area (Å²) in [6, 6.07) is 4.98. The van der Waals surface area contributed by atoms with Crippen molar-refractivity contribution < 1.29 is 18.0 Å². The van der Waals surface area contributed by atoms with Crippen molar-refractivity contribution in [1.29, 1.82) is 0 Å². The Kier molecular flexibility index (Phi) is 7.04. The molecule has 154 valence electrons. The van der Waals surface area contributed by atoms with Crippen LogP contribution in [0.2, 0.25) is 0 Å². The Morgan fingerprint density at radius 2 is 1.93 bits per heavy atom. The summed E-state index contributed by atoms with van der Waals surface area (Å²) in [6.45, 7) is 1.97. The van der Waals surface area contributed by atoms with Gasteiger partial charge in [-0.2, -0.15) is 0 Å². The third-order valence-corrected chi connectivity index (χ3v) is 8.10. The molecule has 0 saturated heterocycles. The van der Waals surface area contributed by atoms with Crippen molar-refractivity contribution in [3.63, 3.8) is 0 Å². The Hall–Kier alpha value is -1.54. The molecule has 1 aliphatic heterocycles. The van der Waals surface area contributed by atoms with Crippen LogP contribution >= 0.6 is 11.8 Å². The molecule has 2 aliphatic rings. The van der Waals surface area contributed by atoms with E-state index in [4.69, 9.17) is 0 Å². The minimum atomic E-state index is -3.60. The van der Waals surface area contributed by atoms with E-state index in [-0.39, 0.29) is 40.2 Å². The number of sulfone groups is 1. The molecule has 3 rings (SSSR count). The molecular weight excluding hydrogens is 396 g/mol. The molecule has 0 spiro atoms. The van der Waals surface area contributed by atoms with Gasteiger partial charge in [0.15, 0.2) is 9.84 Å². The summed E-state index contributed by atoms with van der Waals surface area (Å²) in [5.74, 6) is -0.555. The van der Waals surface area contributed by atoms with E-state index in [9.17, 15) is 18.0 Å². The van der Waals surface area contributed by atoms with Gasteiger partial charge in [-0.15, -0.1) is 11.8 Å². The molecule has 1 atom stereocenters. The van der Waals surface area contributed by atoms with Gasteiger partial charge in [0.1, 0.15) is 0 Å². The SMILES string of the molecule is C[C@H]1CC(=O)Nc2cc(S(=O)(=O)CCC(=O)NC3CCCCCC3)ccc2S1. The third kappa shape index (κ3) is 5.73. The predicted octanol–water partition coefficient (Wildman–Crippen LogP) is 3.51. The number of hydrogen-bond donors (Lipinski definition) is 2. The van der Waals surface area contributed by atoms with Crippen molar-refractivity contribution in [2.24, 2.45) is 0 Å². The van der Waals surface area contributed by atoms with Crippen molar-refractivity contribution in [3.05, 3.63) is 18.2 Å². The lowest BCUT2D eigenvalue weighted by atomic mass is 10.1. The maximum atomic E-state index is 12.7. The minimum absolute atomic E-state index is 0.0476. The zero-order valence-electron chi connectivity index (χ0n) is 16.2. The standard InChI is InChI=1S/C20H28N2O4S2/c1-14-12-20(24)22-17-13-16(8-9-18(17)27-14)28(25,26)11-10-19(23)21-15-6-4-2-3-5-7-15/h8-9,13-15H,2-7,10-12H2,1H3,(H,21,23)(H,22,24)/t14-/m0/s1. The quantitative estimate of drug-likeness (QED) is 0.706. The number of benzene rings is 1. The highest BCUT2D eigenvalue weighted by atomic mass is 32.2. The van der Waals surface area contributed by atoms with Crippen LogP contribution in [0.4, 0.5) is 5.69 Å². The van der Waals surface area contributed by atoms with Crippen molar-refractivity contribution >= 4 is 39.1 Å². The molecule has 0 radical (unpaired) electrons. The number of fused-ring (bicyclic) bond motifs is 1. The first-order valence-corrected chi connectivity index (χ1v) is 12.5. The van der Waals surface area contributed by atoms with E-state index in [1.807, 2.05) is 6.92 Å². The van der Waals surface area contributed by atoms with Gasteiger partial charge in [-0.3, -0.25) is 9.59 Å². The van der Waals surface area contributed by atoms with E-state index in [0.29, 0.717) is 12.1 Å². The van der Waals surface area contributed by atoms with Crippen molar-refractivity contribution in [2.45, 2.75) is 79.4 Å². The average molecular weight is 425 g/mol. The van der Waals surface area contributed by atoms with E-state index in [0.717, 1.165) is 30.6 Å². The number of carbonyl (C=O) groups excluding carboxylic acids is 2. The van der Waals surface area contributed by atoms with Gasteiger partial charge in [0.2, 0.25) is 11.8 Å². The van der Waals surface area contributed by atoms with Crippen LogP contribution in [0, 0.1) is 0 Å². The predicted molar refractivity (Wildman–Crippen MR) is 111 cm³/mol. The summed E-state index contributed by atoms with van der Waals surface area (Å²) in [7, 11) is -3.60. The van der Waals surface area contributed by atoms with Gasteiger partial charge in [-0.25, -0.2) is 8.42 Å². The number of rotatable bonds is 5. The van der Waals surface area contributed by atoms with E-state index < -0.39 is 9.84 Å². The van der Waals surface area contributed by atoms with Crippen molar-refractivity contribution in [1.82, 2.24) is 5.32 Å². The smallest absolute Gasteiger partial charge is 0.225 e. The summed E-state index contributed by atoms with van der Waals surface area (Å²) >= 11 is 1.55. The van der Waals surface area contributed by atoms with E-state index in [2.05, 4.69) is 10.6 Å². The maximum absolute atomic E-state index is 12.7. The third-order valence-electron chi connectivity index (χ3n) is 5.20. The molecule has 0 bridgehead atoms. The van der Waals surface area contributed by atoms with Gasteiger partial charge >= 0.3 is 0 Å². The average Bonchev–Trinajstić information content (AvgIpc) is 2.96. The zero-order valence-corrected chi connectivity index (χ0v) is 17.8. The Labute approximate surface area is 171 Å². The monoisotopic (exact) mass is 424 g/mol. The number of amides is 2. The fourth-order valence-corrected chi connectivity index (χ4v) is 6.01. The first kappa shape index (κ1) is 21.2. The van der Waals surface area contributed by atoms with Crippen LogP contribution in [0.3, 0.4) is 0 Å². The van der Waals surface area contributed by atoms with Crippen LogP contribution in [0.5, 0.6) is 0 Å². The number of carbonyl (C=O) groups is 2. The van der Waals surface area contributed by atoms with Crippen LogP contribution in [0.15, 0.2) is 28.0 Å². The minimum Gasteiger partial charge on any atom is -0.353 e. The molecule has 1 aromatic carbocycles. The maximum Gasteiger partial charge on any atom is 0.225 e. The molecule has 1 aliphatic carbocycles. The highest BCUT2D eigenvalue weighted by Gasteiger charge is 2.23. The second-order valence-corrected chi connectivity index (χ2v) is 11.3. The van der Waals surface area contributed by atoms with Crippen LogP contribution in [0.1, 0.15) is 58.3 Å². The Morgan fingerprint density at radius 1 is 1.21 bits per heavy atom. The lowest BCUT2D eigenvalue weighted by Gasteiger charge is -2.16. The van der Waals surface area contributed by atoms with Crippen LogP contribution in [0.25, 0.3) is 0 Å². The van der Waals surface area contributed by atoms with Crippen LogP contribution in [-0.4, -0.2) is 37.3 Å². The van der Waals surface area contributed by atoms with Gasteiger partial charge in [-0.1, -0.05) is 32.6 Å². The van der Waals surface area contributed by atoms with Gasteiger partial charge in [0, 0.05) is 29.0 Å². The largest absolute Gasteiger partial charge is 0.353 e. The van der Waals surface area contributed by atoms with Gasteiger partial charge in [0.05, 0.1) is 16.3 Å². The first-order valence-electron chi connectivity index (χ1n) is 9.96. The fourth-order valence-electron chi connectivity index (χ4n) is 3.69. The van der Waals surface area contributed by atoms with Gasteiger partial charge < -0.3 is 10.6 Å². The molecule has 0 aromatic heterocycles. The Morgan fingerprint density at radius 3 is 2.64 bits per heavy atom. The molecular formula is C20H28N2O4S2. The molecule has 2 N–H and O–H groups in total. The topological polar surface area (TPSA) is 92.3 Å². The molecule has 0 unspecified atom stereocenters. The van der Waals surface area contributed by atoms with Crippen molar-refractivity contribution in [2.75, 3.05) is 11.1 Å². The molecule has 6 nitrogen and oxygen atoms in total. The second kappa shape index (κ2) is 9.31. The first-order chi connectivity index (χ1) is 13.3.